The van der Waals surface area contributed by atoms with Crippen molar-refractivity contribution in [2.24, 2.45) is 0 Å². The summed E-state index contributed by atoms with van der Waals surface area (Å²) in [6.07, 6.45) is 0. The van der Waals surface area contributed by atoms with Crippen LogP contribution in [0.2, 0.25) is 5.02 Å². The highest BCUT2D eigenvalue weighted by Gasteiger charge is 2.12. The van der Waals surface area contributed by atoms with Crippen LogP contribution in [0.15, 0.2) is 75.6 Å². The van der Waals surface area contributed by atoms with Gasteiger partial charge < -0.3 is 9.73 Å². The van der Waals surface area contributed by atoms with E-state index in [1.54, 1.807) is 36.4 Å². The molecule has 0 spiro atoms. The summed E-state index contributed by atoms with van der Waals surface area (Å²) in [5.74, 6) is 0.254. The molecule has 0 saturated heterocycles. The summed E-state index contributed by atoms with van der Waals surface area (Å²) >= 11 is 9.56. The van der Waals surface area contributed by atoms with Crippen molar-refractivity contribution < 1.29 is 9.21 Å². The molecule has 3 aromatic carbocycles. The van der Waals surface area contributed by atoms with Gasteiger partial charge in [-0.25, -0.2) is 4.98 Å². The van der Waals surface area contributed by atoms with E-state index in [2.05, 4.69) is 26.2 Å². The van der Waals surface area contributed by atoms with Crippen molar-refractivity contribution in [3.8, 4) is 11.5 Å². The van der Waals surface area contributed by atoms with Gasteiger partial charge in [-0.3, -0.25) is 4.79 Å². The number of nitrogens with one attached hydrogen (secondary N) is 1. The third-order valence-corrected chi connectivity index (χ3v) is 4.72. The van der Waals surface area contributed by atoms with Crippen LogP contribution in [0.25, 0.3) is 22.6 Å². The highest BCUT2D eigenvalue weighted by molar-refractivity contribution is 9.10. The van der Waals surface area contributed by atoms with Crippen LogP contribution >= 0.6 is 27.5 Å². The van der Waals surface area contributed by atoms with Crippen molar-refractivity contribution in [2.75, 3.05) is 5.32 Å². The first-order chi connectivity index (χ1) is 12.6. The lowest BCUT2D eigenvalue weighted by molar-refractivity contribution is 0.102. The number of rotatable bonds is 3. The molecule has 1 amide bonds. The molecule has 0 fully saturated rings. The van der Waals surface area contributed by atoms with E-state index in [1.165, 1.54) is 0 Å². The van der Waals surface area contributed by atoms with Gasteiger partial charge in [0.25, 0.3) is 5.91 Å². The van der Waals surface area contributed by atoms with E-state index < -0.39 is 0 Å². The van der Waals surface area contributed by atoms with Crippen LogP contribution in [0.4, 0.5) is 5.69 Å². The number of carbonyl (C=O) groups excluding carboxylic acids is 1. The number of carbonyl (C=O) groups is 1. The largest absolute Gasteiger partial charge is 0.436 e. The van der Waals surface area contributed by atoms with Gasteiger partial charge in [-0.15, -0.1) is 0 Å². The molecule has 4 rings (SSSR count). The maximum Gasteiger partial charge on any atom is 0.255 e. The molecule has 0 bridgehead atoms. The van der Waals surface area contributed by atoms with E-state index in [1.807, 2.05) is 30.3 Å². The zero-order valence-electron chi connectivity index (χ0n) is 13.4. The number of fused-ring (bicyclic) bond motifs is 1. The molecule has 0 aliphatic rings. The molecule has 0 unspecified atom stereocenters. The van der Waals surface area contributed by atoms with Gasteiger partial charge in [0.1, 0.15) is 5.52 Å². The van der Waals surface area contributed by atoms with Crippen LogP contribution < -0.4 is 5.32 Å². The molecule has 0 radical (unpaired) electrons. The Labute approximate surface area is 162 Å². The zero-order chi connectivity index (χ0) is 18.1. The number of anilines is 1. The Morgan fingerprint density at radius 1 is 1.04 bits per heavy atom. The minimum atomic E-state index is -0.192. The maximum atomic E-state index is 12.3. The van der Waals surface area contributed by atoms with Crippen molar-refractivity contribution in [1.82, 2.24) is 4.98 Å². The lowest BCUT2D eigenvalue weighted by Gasteiger charge is -2.05. The fraction of sp³-hybridized carbons (Fsp3) is 0. The second-order valence-electron chi connectivity index (χ2n) is 5.64. The normalized spacial score (nSPS) is 10.8. The Bertz CT molecular complexity index is 1110. The van der Waals surface area contributed by atoms with Gasteiger partial charge in [-0.1, -0.05) is 39.7 Å². The average Bonchev–Trinajstić information content (AvgIpc) is 3.05. The van der Waals surface area contributed by atoms with Gasteiger partial charge >= 0.3 is 0 Å². The van der Waals surface area contributed by atoms with E-state index in [-0.39, 0.29) is 5.91 Å². The molecule has 4 aromatic rings. The molecule has 0 aliphatic carbocycles. The lowest BCUT2D eigenvalue weighted by Crippen LogP contribution is -2.11. The Balaban J connectivity index is 1.62. The van der Waals surface area contributed by atoms with Gasteiger partial charge in [0, 0.05) is 21.8 Å². The van der Waals surface area contributed by atoms with Crippen molar-refractivity contribution >= 4 is 50.2 Å². The van der Waals surface area contributed by atoms with E-state index in [0.717, 1.165) is 10.0 Å². The molecule has 1 N–H and O–H groups in total. The minimum Gasteiger partial charge on any atom is -0.436 e. The molecule has 128 valence electrons. The van der Waals surface area contributed by atoms with Crippen molar-refractivity contribution in [3.63, 3.8) is 0 Å². The number of hydrogen-bond donors (Lipinski definition) is 1. The SMILES string of the molecule is O=C(Nc1ccc2nc(-c3ccccc3Cl)oc2c1)c1ccc(Br)cc1. The number of nitrogens with zero attached hydrogens (tertiary/aromatic N) is 1. The third kappa shape index (κ3) is 3.36. The monoisotopic (exact) mass is 426 g/mol. The summed E-state index contributed by atoms with van der Waals surface area (Å²) in [6, 6.07) is 19.9. The molecule has 0 saturated carbocycles. The number of amides is 1. The summed E-state index contributed by atoms with van der Waals surface area (Å²) in [4.78, 5) is 16.8. The van der Waals surface area contributed by atoms with E-state index in [9.17, 15) is 4.79 Å². The number of halogens is 2. The van der Waals surface area contributed by atoms with Gasteiger partial charge in [0.15, 0.2) is 5.58 Å². The Kier molecular flexibility index (Phi) is 4.49. The minimum absolute atomic E-state index is 0.192. The third-order valence-electron chi connectivity index (χ3n) is 3.86. The standard InChI is InChI=1S/C20H12BrClN2O2/c21-13-7-5-12(6-8-13)19(25)23-14-9-10-17-18(11-14)26-20(24-17)15-3-1-2-4-16(15)22/h1-11H,(H,23,25). The van der Waals surface area contributed by atoms with Crippen molar-refractivity contribution in [3.05, 3.63) is 81.8 Å². The summed E-state index contributed by atoms with van der Waals surface area (Å²) in [5, 5.41) is 3.43. The average molecular weight is 428 g/mol. The van der Waals surface area contributed by atoms with Gasteiger partial charge in [-0.05, 0) is 48.5 Å². The Morgan fingerprint density at radius 2 is 1.81 bits per heavy atom. The van der Waals surface area contributed by atoms with Crippen LogP contribution in [-0.4, -0.2) is 10.9 Å². The summed E-state index contributed by atoms with van der Waals surface area (Å²) in [5.41, 5.74) is 3.20. The van der Waals surface area contributed by atoms with Crippen molar-refractivity contribution in [1.29, 1.82) is 0 Å². The van der Waals surface area contributed by atoms with E-state index in [4.69, 9.17) is 16.0 Å². The highest BCUT2D eigenvalue weighted by Crippen LogP contribution is 2.30. The smallest absolute Gasteiger partial charge is 0.255 e. The second kappa shape index (κ2) is 6.94. The fourth-order valence-electron chi connectivity index (χ4n) is 2.56. The zero-order valence-corrected chi connectivity index (χ0v) is 15.7. The summed E-state index contributed by atoms with van der Waals surface area (Å²) < 4.78 is 6.75. The van der Waals surface area contributed by atoms with Crippen molar-refractivity contribution in [2.45, 2.75) is 0 Å². The molecule has 4 nitrogen and oxygen atoms in total. The van der Waals surface area contributed by atoms with E-state index in [0.29, 0.717) is 33.3 Å². The fourth-order valence-corrected chi connectivity index (χ4v) is 3.04. The highest BCUT2D eigenvalue weighted by atomic mass is 79.9. The predicted molar refractivity (Wildman–Crippen MR) is 107 cm³/mol. The van der Waals surface area contributed by atoms with Gasteiger partial charge in [0.2, 0.25) is 5.89 Å². The topological polar surface area (TPSA) is 55.1 Å². The maximum absolute atomic E-state index is 12.3. The summed E-state index contributed by atoms with van der Waals surface area (Å²) in [6.45, 7) is 0. The summed E-state index contributed by atoms with van der Waals surface area (Å²) in [7, 11) is 0. The van der Waals surface area contributed by atoms with Crippen LogP contribution in [0.3, 0.4) is 0 Å². The number of hydrogen-bond acceptors (Lipinski definition) is 3. The molecular formula is C20H12BrClN2O2. The van der Waals surface area contributed by atoms with Crippen LogP contribution in [0, 0.1) is 0 Å². The van der Waals surface area contributed by atoms with Crippen LogP contribution in [0.1, 0.15) is 10.4 Å². The van der Waals surface area contributed by atoms with Gasteiger partial charge in [-0.2, -0.15) is 0 Å². The Hall–Kier alpha value is -2.63. The van der Waals surface area contributed by atoms with E-state index >= 15 is 0 Å². The number of benzene rings is 3. The molecule has 6 heteroatoms. The van der Waals surface area contributed by atoms with Crippen LogP contribution in [0.5, 0.6) is 0 Å². The molecule has 0 aliphatic heterocycles. The first kappa shape index (κ1) is 16.8. The number of aromatic nitrogens is 1. The first-order valence-electron chi connectivity index (χ1n) is 7.82. The molecule has 1 aromatic heterocycles. The molecule has 26 heavy (non-hydrogen) atoms. The second-order valence-corrected chi connectivity index (χ2v) is 6.97. The lowest BCUT2D eigenvalue weighted by atomic mass is 10.2. The molecular weight excluding hydrogens is 416 g/mol. The number of oxazole rings is 1. The van der Waals surface area contributed by atoms with Crippen LogP contribution in [-0.2, 0) is 0 Å². The quantitative estimate of drug-likeness (QED) is 0.426. The first-order valence-corrected chi connectivity index (χ1v) is 9.00. The predicted octanol–water partition coefficient (Wildman–Crippen LogP) is 6.16. The van der Waals surface area contributed by atoms with Gasteiger partial charge in [0.05, 0.1) is 10.6 Å². The molecule has 1 heterocycles. The Morgan fingerprint density at radius 3 is 2.58 bits per heavy atom. The molecule has 0 atom stereocenters.